The Morgan fingerprint density at radius 2 is 2.00 bits per heavy atom. The summed E-state index contributed by atoms with van der Waals surface area (Å²) < 4.78 is 25.5. The zero-order chi connectivity index (χ0) is 12.6. The van der Waals surface area contributed by atoms with E-state index < -0.39 is 16.0 Å². The molecule has 0 aromatic heterocycles. The fourth-order valence-electron chi connectivity index (χ4n) is 1.35. The SMILES string of the molecule is CCCCC(C)NS(=O)(=O)CCCC(=O)O. The van der Waals surface area contributed by atoms with Gasteiger partial charge in [-0.1, -0.05) is 19.8 Å². The number of carboxylic acids is 1. The Bertz CT molecular complexity index is 300. The number of sulfonamides is 1. The van der Waals surface area contributed by atoms with Crippen molar-refractivity contribution in [3.8, 4) is 0 Å². The second-order valence-electron chi connectivity index (χ2n) is 3.98. The van der Waals surface area contributed by atoms with Gasteiger partial charge in [-0.2, -0.15) is 0 Å². The van der Waals surface area contributed by atoms with E-state index in [0.717, 1.165) is 19.3 Å². The highest BCUT2D eigenvalue weighted by atomic mass is 32.2. The van der Waals surface area contributed by atoms with Crippen LogP contribution in [0.3, 0.4) is 0 Å². The van der Waals surface area contributed by atoms with Crippen LogP contribution in [-0.4, -0.2) is 31.3 Å². The predicted octanol–water partition coefficient (Wildman–Crippen LogP) is 1.35. The molecule has 16 heavy (non-hydrogen) atoms. The summed E-state index contributed by atoms with van der Waals surface area (Å²) in [4.78, 5) is 10.2. The Balaban J connectivity index is 3.90. The van der Waals surface area contributed by atoms with Gasteiger partial charge < -0.3 is 5.11 Å². The summed E-state index contributed by atoms with van der Waals surface area (Å²) in [6, 6.07) is -0.0743. The van der Waals surface area contributed by atoms with Gasteiger partial charge in [0.05, 0.1) is 5.75 Å². The Kier molecular flexibility index (Phi) is 7.33. The van der Waals surface area contributed by atoms with Crippen LogP contribution < -0.4 is 4.72 Å². The van der Waals surface area contributed by atoms with Gasteiger partial charge >= 0.3 is 5.97 Å². The standard InChI is InChI=1S/C10H21NO4S/c1-3-4-6-9(2)11-16(14,15)8-5-7-10(12)13/h9,11H,3-8H2,1-2H3,(H,12,13). The molecule has 6 heteroatoms. The first-order valence-corrected chi connectivity index (χ1v) is 7.24. The summed E-state index contributed by atoms with van der Waals surface area (Å²) in [6.45, 7) is 3.87. The fourth-order valence-corrected chi connectivity index (χ4v) is 2.72. The molecule has 0 aliphatic carbocycles. The molecule has 0 aromatic rings. The molecule has 0 fully saturated rings. The maximum absolute atomic E-state index is 11.5. The molecule has 0 saturated heterocycles. The van der Waals surface area contributed by atoms with Crippen molar-refractivity contribution in [2.24, 2.45) is 0 Å². The highest BCUT2D eigenvalue weighted by Crippen LogP contribution is 2.02. The van der Waals surface area contributed by atoms with E-state index in [9.17, 15) is 13.2 Å². The van der Waals surface area contributed by atoms with Gasteiger partial charge in [0.25, 0.3) is 0 Å². The molecule has 96 valence electrons. The number of carbonyl (C=O) groups is 1. The number of aliphatic carboxylic acids is 1. The Morgan fingerprint density at radius 1 is 1.38 bits per heavy atom. The monoisotopic (exact) mass is 251 g/mol. The van der Waals surface area contributed by atoms with Crippen LogP contribution in [0, 0.1) is 0 Å². The minimum atomic E-state index is -3.32. The van der Waals surface area contributed by atoms with E-state index in [-0.39, 0.29) is 24.6 Å². The van der Waals surface area contributed by atoms with E-state index >= 15 is 0 Å². The highest BCUT2D eigenvalue weighted by molar-refractivity contribution is 7.89. The van der Waals surface area contributed by atoms with E-state index in [1.807, 2.05) is 13.8 Å². The van der Waals surface area contributed by atoms with Gasteiger partial charge in [-0.15, -0.1) is 0 Å². The zero-order valence-corrected chi connectivity index (χ0v) is 10.7. The number of rotatable bonds is 9. The molecule has 0 aromatic carbocycles. The molecule has 0 aliphatic rings. The van der Waals surface area contributed by atoms with Crippen molar-refractivity contribution in [2.45, 2.75) is 52.0 Å². The van der Waals surface area contributed by atoms with Crippen molar-refractivity contribution in [3.63, 3.8) is 0 Å². The predicted molar refractivity (Wildman–Crippen MR) is 62.8 cm³/mol. The molecule has 0 radical (unpaired) electrons. The molecule has 0 aliphatic heterocycles. The van der Waals surface area contributed by atoms with Crippen LogP contribution in [0.25, 0.3) is 0 Å². The van der Waals surface area contributed by atoms with Crippen LogP contribution in [0.15, 0.2) is 0 Å². The third-order valence-corrected chi connectivity index (χ3v) is 3.76. The largest absolute Gasteiger partial charge is 0.481 e. The first-order chi connectivity index (χ1) is 7.37. The molecule has 0 spiro atoms. The minimum absolute atomic E-state index is 0.0743. The van der Waals surface area contributed by atoms with Gasteiger partial charge in [-0.25, -0.2) is 13.1 Å². The van der Waals surface area contributed by atoms with Crippen molar-refractivity contribution in [3.05, 3.63) is 0 Å². The van der Waals surface area contributed by atoms with E-state index in [4.69, 9.17) is 5.11 Å². The smallest absolute Gasteiger partial charge is 0.303 e. The number of hydrogen-bond donors (Lipinski definition) is 2. The van der Waals surface area contributed by atoms with Crippen LogP contribution in [0.2, 0.25) is 0 Å². The molecule has 1 atom stereocenters. The van der Waals surface area contributed by atoms with Gasteiger partial charge in [0.2, 0.25) is 10.0 Å². The molecule has 5 nitrogen and oxygen atoms in total. The molecule has 2 N–H and O–H groups in total. The first-order valence-electron chi connectivity index (χ1n) is 5.59. The first kappa shape index (κ1) is 15.4. The maximum atomic E-state index is 11.5. The molecule has 0 heterocycles. The van der Waals surface area contributed by atoms with E-state index in [2.05, 4.69) is 4.72 Å². The van der Waals surface area contributed by atoms with Crippen LogP contribution in [-0.2, 0) is 14.8 Å². The van der Waals surface area contributed by atoms with Crippen molar-refractivity contribution < 1.29 is 18.3 Å². The summed E-state index contributed by atoms with van der Waals surface area (Å²) in [6.07, 6.45) is 2.88. The molecule has 0 rings (SSSR count). The van der Waals surface area contributed by atoms with Crippen molar-refractivity contribution in [2.75, 3.05) is 5.75 Å². The molecule has 0 saturated carbocycles. The second-order valence-corrected chi connectivity index (χ2v) is 5.85. The number of unbranched alkanes of at least 4 members (excludes halogenated alkanes) is 1. The second kappa shape index (κ2) is 7.62. The minimum Gasteiger partial charge on any atom is -0.481 e. The third kappa shape index (κ3) is 8.67. The van der Waals surface area contributed by atoms with Gasteiger partial charge in [-0.05, 0) is 19.8 Å². The van der Waals surface area contributed by atoms with Crippen molar-refractivity contribution in [1.29, 1.82) is 0 Å². The van der Waals surface area contributed by atoms with Crippen LogP contribution in [0.4, 0.5) is 0 Å². The van der Waals surface area contributed by atoms with E-state index in [1.54, 1.807) is 0 Å². The summed E-state index contributed by atoms with van der Waals surface area (Å²) in [5, 5.41) is 8.39. The summed E-state index contributed by atoms with van der Waals surface area (Å²) in [5.74, 6) is -1.08. The average molecular weight is 251 g/mol. The summed E-state index contributed by atoms with van der Waals surface area (Å²) in [5.41, 5.74) is 0. The Labute approximate surface area is 97.3 Å². The molecule has 1 unspecified atom stereocenters. The van der Waals surface area contributed by atoms with E-state index in [1.165, 1.54) is 0 Å². The summed E-state index contributed by atoms with van der Waals surface area (Å²) >= 11 is 0. The number of carboxylic acid groups (broad SMARTS) is 1. The molecular weight excluding hydrogens is 230 g/mol. The van der Waals surface area contributed by atoms with Gasteiger partial charge in [0.1, 0.15) is 0 Å². The lowest BCUT2D eigenvalue weighted by Crippen LogP contribution is -2.34. The zero-order valence-electron chi connectivity index (χ0n) is 9.90. The lowest BCUT2D eigenvalue weighted by atomic mass is 10.2. The summed E-state index contributed by atoms with van der Waals surface area (Å²) in [7, 11) is -3.32. The number of hydrogen-bond acceptors (Lipinski definition) is 3. The van der Waals surface area contributed by atoms with Crippen LogP contribution >= 0.6 is 0 Å². The van der Waals surface area contributed by atoms with E-state index in [0.29, 0.717) is 0 Å². The fraction of sp³-hybridized carbons (Fsp3) is 0.900. The van der Waals surface area contributed by atoms with Gasteiger partial charge in [0.15, 0.2) is 0 Å². The maximum Gasteiger partial charge on any atom is 0.303 e. The topological polar surface area (TPSA) is 83.5 Å². The van der Waals surface area contributed by atoms with Gasteiger partial charge in [0, 0.05) is 12.5 Å². The molecule has 0 amide bonds. The lowest BCUT2D eigenvalue weighted by Gasteiger charge is -2.13. The van der Waals surface area contributed by atoms with Crippen molar-refractivity contribution in [1.82, 2.24) is 4.72 Å². The Hall–Kier alpha value is -0.620. The molecule has 0 bridgehead atoms. The highest BCUT2D eigenvalue weighted by Gasteiger charge is 2.14. The Morgan fingerprint density at radius 3 is 2.50 bits per heavy atom. The average Bonchev–Trinajstić information content (AvgIpc) is 2.12. The third-order valence-electron chi connectivity index (χ3n) is 2.18. The van der Waals surface area contributed by atoms with Crippen molar-refractivity contribution >= 4 is 16.0 Å². The number of nitrogens with one attached hydrogen (secondary N) is 1. The van der Waals surface area contributed by atoms with Gasteiger partial charge in [-0.3, -0.25) is 4.79 Å². The van der Waals surface area contributed by atoms with Crippen LogP contribution in [0.1, 0.15) is 46.0 Å². The quantitative estimate of drug-likeness (QED) is 0.648. The lowest BCUT2D eigenvalue weighted by molar-refractivity contribution is -0.137. The molecular formula is C10H21NO4S. The van der Waals surface area contributed by atoms with Crippen LogP contribution in [0.5, 0.6) is 0 Å². The normalized spacial score (nSPS) is 13.6.